The predicted octanol–water partition coefficient (Wildman–Crippen LogP) is 1.86. The third kappa shape index (κ3) is 4.13. The summed E-state index contributed by atoms with van der Waals surface area (Å²) in [6.07, 6.45) is 6.07. The molecular weight excluding hydrogens is 310 g/mol. The third-order valence-corrected chi connectivity index (χ3v) is 3.90. The first-order valence-corrected chi connectivity index (χ1v) is 7.90. The molecule has 3 rings (SSSR count). The Hall–Kier alpha value is -2.83. The predicted molar refractivity (Wildman–Crippen MR) is 87.1 cm³/mol. The first-order chi connectivity index (χ1) is 11.6. The number of carboxylic acids is 1. The zero-order valence-corrected chi connectivity index (χ0v) is 13.2. The van der Waals surface area contributed by atoms with Crippen LogP contribution in [0.3, 0.4) is 0 Å². The summed E-state index contributed by atoms with van der Waals surface area (Å²) in [5.41, 5.74) is 2.66. The first kappa shape index (κ1) is 16.0. The summed E-state index contributed by atoms with van der Waals surface area (Å²) >= 11 is 0. The van der Waals surface area contributed by atoms with Crippen LogP contribution in [0, 0.1) is 0 Å². The number of aryl methyl sites for hydroxylation is 2. The number of carbonyl (C=O) groups is 2. The zero-order valence-electron chi connectivity index (χ0n) is 13.2. The van der Waals surface area contributed by atoms with Crippen molar-refractivity contribution < 1.29 is 19.4 Å². The summed E-state index contributed by atoms with van der Waals surface area (Å²) in [7, 11) is 0. The molecule has 1 amide bonds. The van der Waals surface area contributed by atoms with E-state index in [0.29, 0.717) is 11.6 Å². The van der Waals surface area contributed by atoms with Gasteiger partial charge in [-0.05, 0) is 48.9 Å². The monoisotopic (exact) mass is 329 g/mol. The van der Waals surface area contributed by atoms with Crippen LogP contribution in [0.1, 0.15) is 24.0 Å². The lowest BCUT2D eigenvalue weighted by Crippen LogP contribution is -2.21. The van der Waals surface area contributed by atoms with Crippen LogP contribution in [0.5, 0.6) is 5.75 Å². The molecule has 1 aliphatic carbocycles. The SMILES string of the molecule is O=C(O)Cn1ccc(NC(=O)COc2ccc3c(c2)CCCC3)n1. The van der Waals surface area contributed by atoms with E-state index in [1.54, 1.807) is 6.07 Å². The maximum Gasteiger partial charge on any atom is 0.325 e. The quantitative estimate of drug-likeness (QED) is 0.844. The number of aromatic nitrogens is 2. The Bertz CT molecular complexity index is 754. The van der Waals surface area contributed by atoms with Gasteiger partial charge in [-0.2, -0.15) is 5.10 Å². The standard InChI is InChI=1S/C17H19N3O4/c21-16(18-15-7-8-20(19-15)10-17(22)23)11-24-14-6-5-12-3-1-2-4-13(12)9-14/h5-9H,1-4,10-11H2,(H,22,23)(H,18,19,21). The van der Waals surface area contributed by atoms with Crippen molar-refractivity contribution in [2.75, 3.05) is 11.9 Å². The summed E-state index contributed by atoms with van der Waals surface area (Å²) in [5, 5.41) is 15.2. The van der Waals surface area contributed by atoms with Gasteiger partial charge in [0, 0.05) is 12.3 Å². The van der Waals surface area contributed by atoms with Crippen molar-refractivity contribution in [1.82, 2.24) is 9.78 Å². The topological polar surface area (TPSA) is 93.5 Å². The fourth-order valence-corrected chi connectivity index (χ4v) is 2.78. The molecule has 0 radical (unpaired) electrons. The highest BCUT2D eigenvalue weighted by molar-refractivity contribution is 5.90. The minimum absolute atomic E-state index is 0.120. The lowest BCUT2D eigenvalue weighted by Gasteiger charge is -2.16. The second kappa shape index (κ2) is 7.16. The smallest absolute Gasteiger partial charge is 0.325 e. The van der Waals surface area contributed by atoms with Crippen LogP contribution in [0.4, 0.5) is 5.82 Å². The van der Waals surface area contributed by atoms with Gasteiger partial charge in [0.1, 0.15) is 12.3 Å². The van der Waals surface area contributed by atoms with Gasteiger partial charge in [0.15, 0.2) is 12.4 Å². The Morgan fingerprint density at radius 2 is 2.00 bits per heavy atom. The van der Waals surface area contributed by atoms with E-state index in [-0.39, 0.29) is 19.1 Å². The van der Waals surface area contributed by atoms with Gasteiger partial charge in [-0.15, -0.1) is 0 Å². The lowest BCUT2D eigenvalue weighted by molar-refractivity contribution is -0.137. The molecule has 7 nitrogen and oxygen atoms in total. The Labute approximate surface area is 139 Å². The van der Waals surface area contributed by atoms with Crippen molar-refractivity contribution >= 4 is 17.7 Å². The number of carboxylic acid groups (broad SMARTS) is 1. The van der Waals surface area contributed by atoms with E-state index in [1.807, 2.05) is 12.1 Å². The Kier molecular flexibility index (Phi) is 4.79. The highest BCUT2D eigenvalue weighted by Gasteiger charge is 2.11. The van der Waals surface area contributed by atoms with Crippen LogP contribution >= 0.6 is 0 Å². The number of carbonyl (C=O) groups excluding carboxylic acids is 1. The second-order valence-corrected chi connectivity index (χ2v) is 5.77. The number of nitrogens with one attached hydrogen (secondary N) is 1. The number of anilines is 1. The van der Waals surface area contributed by atoms with E-state index >= 15 is 0 Å². The molecule has 0 spiro atoms. The van der Waals surface area contributed by atoms with Crippen molar-refractivity contribution in [3.63, 3.8) is 0 Å². The average molecular weight is 329 g/mol. The normalized spacial score (nSPS) is 13.2. The molecule has 0 aliphatic heterocycles. The van der Waals surface area contributed by atoms with Gasteiger partial charge in [0.25, 0.3) is 5.91 Å². The lowest BCUT2D eigenvalue weighted by atomic mass is 9.92. The van der Waals surface area contributed by atoms with E-state index in [0.717, 1.165) is 12.8 Å². The molecule has 2 N–H and O–H groups in total. The van der Waals surface area contributed by atoms with E-state index in [1.165, 1.54) is 34.8 Å². The number of aliphatic carboxylic acids is 1. The van der Waals surface area contributed by atoms with Crippen LogP contribution in [0.25, 0.3) is 0 Å². The molecule has 1 aromatic heterocycles. The molecule has 1 aliphatic rings. The third-order valence-electron chi connectivity index (χ3n) is 3.90. The van der Waals surface area contributed by atoms with Gasteiger partial charge in [0.2, 0.25) is 0 Å². The number of hydrogen-bond donors (Lipinski definition) is 2. The minimum Gasteiger partial charge on any atom is -0.484 e. The summed E-state index contributed by atoms with van der Waals surface area (Å²) in [4.78, 5) is 22.5. The molecule has 0 unspecified atom stereocenters. The van der Waals surface area contributed by atoms with E-state index < -0.39 is 5.97 Å². The number of amides is 1. The molecule has 0 saturated carbocycles. The van der Waals surface area contributed by atoms with E-state index in [4.69, 9.17) is 9.84 Å². The Balaban J connectivity index is 1.52. The first-order valence-electron chi connectivity index (χ1n) is 7.90. The number of nitrogens with zero attached hydrogens (tertiary/aromatic N) is 2. The largest absolute Gasteiger partial charge is 0.484 e. The number of rotatable bonds is 6. The maximum absolute atomic E-state index is 11.9. The molecule has 2 aromatic rings. The molecule has 0 bridgehead atoms. The highest BCUT2D eigenvalue weighted by Crippen LogP contribution is 2.25. The van der Waals surface area contributed by atoms with Gasteiger partial charge < -0.3 is 15.2 Å². The van der Waals surface area contributed by atoms with Gasteiger partial charge in [0.05, 0.1) is 0 Å². The molecular formula is C17H19N3O4. The van der Waals surface area contributed by atoms with Crippen LogP contribution < -0.4 is 10.1 Å². The fourth-order valence-electron chi connectivity index (χ4n) is 2.78. The van der Waals surface area contributed by atoms with Crippen molar-refractivity contribution in [2.24, 2.45) is 0 Å². The van der Waals surface area contributed by atoms with Gasteiger partial charge in [-0.3, -0.25) is 14.3 Å². The van der Waals surface area contributed by atoms with Gasteiger partial charge in [-0.25, -0.2) is 0 Å². The summed E-state index contributed by atoms with van der Waals surface area (Å²) in [5.74, 6) is -0.350. The number of fused-ring (bicyclic) bond motifs is 1. The number of hydrogen-bond acceptors (Lipinski definition) is 4. The van der Waals surface area contributed by atoms with Crippen molar-refractivity contribution in [3.8, 4) is 5.75 Å². The van der Waals surface area contributed by atoms with Crippen molar-refractivity contribution in [2.45, 2.75) is 32.2 Å². The molecule has 0 fully saturated rings. The van der Waals surface area contributed by atoms with Crippen molar-refractivity contribution in [3.05, 3.63) is 41.6 Å². The molecule has 1 aromatic carbocycles. The van der Waals surface area contributed by atoms with Crippen LogP contribution in [-0.4, -0.2) is 33.4 Å². The van der Waals surface area contributed by atoms with Gasteiger partial charge >= 0.3 is 5.97 Å². The highest BCUT2D eigenvalue weighted by atomic mass is 16.5. The number of ether oxygens (including phenoxy) is 1. The van der Waals surface area contributed by atoms with Crippen LogP contribution in [0.15, 0.2) is 30.5 Å². The molecule has 0 saturated heterocycles. The molecule has 24 heavy (non-hydrogen) atoms. The minimum atomic E-state index is -0.994. The van der Waals surface area contributed by atoms with Crippen LogP contribution in [-0.2, 0) is 29.0 Å². The van der Waals surface area contributed by atoms with E-state index in [9.17, 15) is 9.59 Å². The van der Waals surface area contributed by atoms with Crippen LogP contribution in [0.2, 0.25) is 0 Å². The molecule has 126 valence electrons. The summed E-state index contributed by atoms with van der Waals surface area (Å²) in [6, 6.07) is 7.50. The summed E-state index contributed by atoms with van der Waals surface area (Å²) in [6.45, 7) is -0.369. The van der Waals surface area contributed by atoms with Crippen molar-refractivity contribution in [1.29, 1.82) is 0 Å². The van der Waals surface area contributed by atoms with Gasteiger partial charge in [-0.1, -0.05) is 6.07 Å². The number of benzene rings is 1. The zero-order chi connectivity index (χ0) is 16.9. The summed E-state index contributed by atoms with van der Waals surface area (Å²) < 4.78 is 6.78. The Morgan fingerprint density at radius 1 is 1.21 bits per heavy atom. The maximum atomic E-state index is 11.9. The average Bonchev–Trinajstić information content (AvgIpc) is 2.99. The molecule has 1 heterocycles. The molecule has 7 heteroatoms. The fraction of sp³-hybridized carbons (Fsp3) is 0.353. The second-order valence-electron chi connectivity index (χ2n) is 5.77. The Morgan fingerprint density at radius 3 is 2.79 bits per heavy atom. The van der Waals surface area contributed by atoms with E-state index in [2.05, 4.69) is 16.5 Å². The molecule has 0 atom stereocenters.